The highest BCUT2D eigenvalue weighted by atomic mass is 32.1. The molecule has 0 saturated heterocycles. The van der Waals surface area contributed by atoms with Crippen LogP contribution in [0.3, 0.4) is 0 Å². The van der Waals surface area contributed by atoms with E-state index in [1.165, 1.54) is 29.7 Å². The fourth-order valence-electron chi connectivity index (χ4n) is 2.25. The van der Waals surface area contributed by atoms with Crippen LogP contribution in [0.1, 0.15) is 10.5 Å². The van der Waals surface area contributed by atoms with Gasteiger partial charge in [-0.05, 0) is 24.3 Å². The molecule has 0 saturated carbocycles. The van der Waals surface area contributed by atoms with E-state index in [2.05, 4.69) is 25.3 Å². The van der Waals surface area contributed by atoms with Crippen LogP contribution in [0.4, 0.5) is 10.1 Å². The lowest BCUT2D eigenvalue weighted by Gasteiger charge is -2.06. The number of halogens is 1. The van der Waals surface area contributed by atoms with Crippen molar-refractivity contribution in [2.75, 3.05) is 5.32 Å². The number of amides is 1. The summed E-state index contributed by atoms with van der Waals surface area (Å²) in [6, 6.07) is 10.7. The van der Waals surface area contributed by atoms with Crippen molar-refractivity contribution >= 4 is 22.9 Å². The van der Waals surface area contributed by atoms with E-state index in [0.29, 0.717) is 22.3 Å². The Morgan fingerprint density at radius 1 is 1.07 bits per heavy atom. The predicted molar refractivity (Wildman–Crippen MR) is 102 cm³/mol. The zero-order valence-electron chi connectivity index (χ0n) is 14.2. The van der Waals surface area contributed by atoms with Crippen LogP contribution in [0.25, 0.3) is 10.8 Å². The standard InChI is InChI=1S/C19H12FN5O2S/c20-12-3-1-4-14(9-12)27-16-6-5-13(10-23-16)24-18(26)15-11-28-19(25-15)17-21-7-2-8-22-17/h1-11H,(H,24,26). The maximum Gasteiger partial charge on any atom is 0.275 e. The number of nitrogens with one attached hydrogen (secondary N) is 1. The van der Waals surface area contributed by atoms with Crippen LogP contribution in [-0.2, 0) is 0 Å². The number of carbonyl (C=O) groups is 1. The van der Waals surface area contributed by atoms with E-state index in [4.69, 9.17) is 4.74 Å². The Morgan fingerprint density at radius 2 is 1.93 bits per heavy atom. The second kappa shape index (κ2) is 7.89. The molecule has 1 amide bonds. The molecule has 0 aliphatic heterocycles. The van der Waals surface area contributed by atoms with E-state index in [1.807, 2.05) is 0 Å². The lowest BCUT2D eigenvalue weighted by molar-refractivity contribution is 0.102. The van der Waals surface area contributed by atoms with Crippen LogP contribution in [0.15, 0.2) is 66.4 Å². The maximum absolute atomic E-state index is 13.2. The average Bonchev–Trinajstić information content (AvgIpc) is 3.21. The third-order valence-corrected chi connectivity index (χ3v) is 4.34. The van der Waals surface area contributed by atoms with E-state index in [9.17, 15) is 9.18 Å². The highest BCUT2D eigenvalue weighted by Gasteiger charge is 2.13. The largest absolute Gasteiger partial charge is 0.439 e. The van der Waals surface area contributed by atoms with Gasteiger partial charge >= 0.3 is 0 Å². The molecule has 0 radical (unpaired) electrons. The number of hydrogen-bond acceptors (Lipinski definition) is 7. The number of anilines is 1. The Kier molecular flexibility index (Phi) is 4.98. The number of rotatable bonds is 5. The zero-order chi connectivity index (χ0) is 19.3. The molecule has 1 N–H and O–H groups in total. The van der Waals surface area contributed by atoms with Gasteiger partial charge in [0, 0.05) is 29.9 Å². The Hall–Kier alpha value is -3.72. The van der Waals surface area contributed by atoms with Gasteiger partial charge in [-0.2, -0.15) is 0 Å². The number of hydrogen-bond donors (Lipinski definition) is 1. The molecule has 3 aromatic heterocycles. The van der Waals surface area contributed by atoms with Gasteiger partial charge in [0.2, 0.25) is 5.88 Å². The number of carbonyl (C=O) groups excluding carboxylic acids is 1. The first-order valence-electron chi connectivity index (χ1n) is 8.11. The van der Waals surface area contributed by atoms with Gasteiger partial charge in [-0.25, -0.2) is 24.3 Å². The molecule has 0 spiro atoms. The topological polar surface area (TPSA) is 89.9 Å². The third-order valence-electron chi connectivity index (χ3n) is 3.51. The number of benzene rings is 1. The van der Waals surface area contributed by atoms with Crippen molar-refractivity contribution < 1.29 is 13.9 Å². The Bertz CT molecular complexity index is 1100. The molecule has 0 unspecified atom stereocenters. The summed E-state index contributed by atoms with van der Waals surface area (Å²) in [7, 11) is 0. The van der Waals surface area contributed by atoms with Crippen molar-refractivity contribution in [3.63, 3.8) is 0 Å². The highest BCUT2D eigenvalue weighted by Crippen LogP contribution is 2.22. The van der Waals surface area contributed by atoms with Crippen molar-refractivity contribution in [1.29, 1.82) is 0 Å². The first-order chi connectivity index (χ1) is 13.7. The van der Waals surface area contributed by atoms with Crippen LogP contribution >= 0.6 is 11.3 Å². The number of ether oxygens (including phenoxy) is 1. The molecule has 0 bridgehead atoms. The second-order valence-corrected chi connectivity index (χ2v) is 6.37. The highest BCUT2D eigenvalue weighted by molar-refractivity contribution is 7.13. The molecule has 0 atom stereocenters. The first-order valence-corrected chi connectivity index (χ1v) is 8.99. The van der Waals surface area contributed by atoms with E-state index in [1.54, 1.807) is 48.1 Å². The molecule has 7 nitrogen and oxygen atoms in total. The molecule has 3 heterocycles. The Labute approximate surface area is 162 Å². The van der Waals surface area contributed by atoms with Crippen molar-refractivity contribution in [1.82, 2.24) is 19.9 Å². The summed E-state index contributed by atoms with van der Waals surface area (Å²) in [5.41, 5.74) is 0.731. The molecule has 138 valence electrons. The van der Waals surface area contributed by atoms with E-state index < -0.39 is 5.82 Å². The first kappa shape index (κ1) is 17.7. The normalized spacial score (nSPS) is 10.5. The molecule has 9 heteroatoms. The van der Waals surface area contributed by atoms with E-state index >= 15 is 0 Å². The van der Waals surface area contributed by atoms with Crippen molar-refractivity contribution in [2.45, 2.75) is 0 Å². The van der Waals surface area contributed by atoms with Gasteiger partial charge in [-0.3, -0.25) is 4.79 Å². The maximum atomic E-state index is 13.2. The molecule has 0 aliphatic rings. The van der Waals surface area contributed by atoms with Crippen LogP contribution in [0.5, 0.6) is 11.6 Å². The van der Waals surface area contributed by atoms with Crippen LogP contribution in [0, 0.1) is 5.82 Å². The summed E-state index contributed by atoms with van der Waals surface area (Å²) in [4.78, 5) is 29.0. The fourth-order valence-corrected chi connectivity index (χ4v) is 3.00. The minimum atomic E-state index is -0.398. The summed E-state index contributed by atoms with van der Waals surface area (Å²) in [5, 5.41) is 4.90. The summed E-state index contributed by atoms with van der Waals surface area (Å²) in [6.07, 6.45) is 4.67. The van der Waals surface area contributed by atoms with E-state index in [0.717, 1.165) is 0 Å². The van der Waals surface area contributed by atoms with Gasteiger partial charge < -0.3 is 10.1 Å². The zero-order valence-corrected chi connectivity index (χ0v) is 15.1. The minimum Gasteiger partial charge on any atom is -0.439 e. The monoisotopic (exact) mass is 393 g/mol. The number of aromatic nitrogens is 4. The van der Waals surface area contributed by atoms with Crippen LogP contribution < -0.4 is 10.1 Å². The van der Waals surface area contributed by atoms with Gasteiger partial charge in [-0.1, -0.05) is 6.07 Å². The smallest absolute Gasteiger partial charge is 0.275 e. The van der Waals surface area contributed by atoms with Crippen molar-refractivity contribution in [3.8, 4) is 22.5 Å². The Balaban J connectivity index is 1.42. The third kappa shape index (κ3) is 4.15. The molecule has 0 aliphatic carbocycles. The summed E-state index contributed by atoms with van der Waals surface area (Å²) in [5.74, 6) is 0.305. The van der Waals surface area contributed by atoms with Crippen LogP contribution in [-0.4, -0.2) is 25.8 Å². The average molecular weight is 393 g/mol. The van der Waals surface area contributed by atoms with Crippen LogP contribution in [0.2, 0.25) is 0 Å². The van der Waals surface area contributed by atoms with Gasteiger partial charge in [-0.15, -0.1) is 11.3 Å². The number of pyridine rings is 1. The lowest BCUT2D eigenvalue weighted by atomic mass is 10.3. The van der Waals surface area contributed by atoms with Crippen molar-refractivity contribution in [2.24, 2.45) is 0 Å². The molecule has 4 rings (SSSR count). The second-order valence-electron chi connectivity index (χ2n) is 5.51. The fraction of sp³-hybridized carbons (Fsp3) is 0. The molecular weight excluding hydrogens is 381 g/mol. The Morgan fingerprint density at radius 3 is 2.68 bits per heavy atom. The van der Waals surface area contributed by atoms with E-state index in [-0.39, 0.29) is 17.5 Å². The molecular formula is C19H12FN5O2S. The quantitative estimate of drug-likeness (QED) is 0.547. The van der Waals surface area contributed by atoms with Gasteiger partial charge in [0.05, 0.1) is 11.9 Å². The summed E-state index contributed by atoms with van der Waals surface area (Å²) < 4.78 is 18.7. The summed E-state index contributed by atoms with van der Waals surface area (Å²) in [6.45, 7) is 0. The molecule has 0 fully saturated rings. The van der Waals surface area contributed by atoms with Crippen molar-refractivity contribution in [3.05, 3.63) is 77.9 Å². The van der Waals surface area contributed by atoms with Gasteiger partial charge in [0.1, 0.15) is 17.3 Å². The molecule has 28 heavy (non-hydrogen) atoms. The van der Waals surface area contributed by atoms with Gasteiger partial charge in [0.25, 0.3) is 5.91 Å². The number of thiazole rings is 1. The van der Waals surface area contributed by atoms with Gasteiger partial charge in [0.15, 0.2) is 10.8 Å². The molecule has 1 aromatic carbocycles. The predicted octanol–water partition coefficient (Wildman–Crippen LogP) is 4.18. The summed E-state index contributed by atoms with van der Waals surface area (Å²) >= 11 is 1.28. The minimum absolute atomic E-state index is 0.257. The number of nitrogens with zero attached hydrogens (tertiary/aromatic N) is 4. The SMILES string of the molecule is O=C(Nc1ccc(Oc2cccc(F)c2)nc1)c1csc(-c2ncccn2)n1. The lowest BCUT2D eigenvalue weighted by Crippen LogP contribution is -2.12. The molecule has 4 aromatic rings.